The SMILES string of the molecule is COCCCOc1cc(CNC(C)C)cc(OC)c1. The normalized spacial score (nSPS) is 10.8. The minimum atomic E-state index is 0.456. The Bertz CT molecular complexity index is 366. The Balaban J connectivity index is 2.60. The topological polar surface area (TPSA) is 39.7 Å². The minimum absolute atomic E-state index is 0.456. The van der Waals surface area contributed by atoms with Gasteiger partial charge in [0, 0.05) is 38.8 Å². The highest BCUT2D eigenvalue weighted by Gasteiger charge is 2.03. The molecule has 0 bridgehead atoms. The minimum Gasteiger partial charge on any atom is -0.497 e. The molecule has 0 unspecified atom stereocenters. The molecule has 0 amide bonds. The lowest BCUT2D eigenvalue weighted by Gasteiger charge is -2.12. The van der Waals surface area contributed by atoms with Crippen LogP contribution < -0.4 is 14.8 Å². The zero-order valence-electron chi connectivity index (χ0n) is 12.4. The fourth-order valence-electron chi connectivity index (χ4n) is 1.65. The quantitative estimate of drug-likeness (QED) is 0.698. The maximum absolute atomic E-state index is 5.71. The first-order chi connectivity index (χ1) is 9.15. The lowest BCUT2D eigenvalue weighted by molar-refractivity contribution is 0.172. The van der Waals surface area contributed by atoms with Crippen LogP contribution in [0.1, 0.15) is 25.8 Å². The van der Waals surface area contributed by atoms with Gasteiger partial charge in [-0.2, -0.15) is 0 Å². The van der Waals surface area contributed by atoms with Gasteiger partial charge in [-0.1, -0.05) is 13.8 Å². The molecule has 0 aliphatic rings. The van der Waals surface area contributed by atoms with Crippen LogP contribution in [-0.2, 0) is 11.3 Å². The van der Waals surface area contributed by atoms with Crippen molar-refractivity contribution in [3.63, 3.8) is 0 Å². The third-order valence-corrected chi connectivity index (χ3v) is 2.65. The van der Waals surface area contributed by atoms with E-state index in [4.69, 9.17) is 14.2 Å². The second-order valence-corrected chi connectivity index (χ2v) is 4.75. The average molecular weight is 267 g/mol. The third-order valence-electron chi connectivity index (χ3n) is 2.65. The Hall–Kier alpha value is -1.26. The first-order valence-corrected chi connectivity index (χ1v) is 6.68. The molecule has 0 aliphatic heterocycles. The number of rotatable bonds is 9. The molecule has 0 fully saturated rings. The Labute approximate surface area is 116 Å². The Morgan fingerprint density at radius 2 is 1.79 bits per heavy atom. The van der Waals surface area contributed by atoms with Crippen LogP contribution in [0.4, 0.5) is 0 Å². The van der Waals surface area contributed by atoms with Gasteiger partial charge in [0.05, 0.1) is 13.7 Å². The van der Waals surface area contributed by atoms with E-state index in [0.717, 1.165) is 30.0 Å². The number of hydrogen-bond acceptors (Lipinski definition) is 4. The van der Waals surface area contributed by atoms with E-state index in [1.807, 2.05) is 18.2 Å². The summed E-state index contributed by atoms with van der Waals surface area (Å²) in [5.74, 6) is 1.67. The van der Waals surface area contributed by atoms with Crippen LogP contribution >= 0.6 is 0 Å². The van der Waals surface area contributed by atoms with Crippen LogP contribution in [0.15, 0.2) is 18.2 Å². The van der Waals surface area contributed by atoms with Crippen molar-refractivity contribution in [1.82, 2.24) is 5.32 Å². The fraction of sp³-hybridized carbons (Fsp3) is 0.600. The Morgan fingerprint density at radius 1 is 1.05 bits per heavy atom. The smallest absolute Gasteiger partial charge is 0.123 e. The summed E-state index contributed by atoms with van der Waals surface area (Å²) in [5.41, 5.74) is 1.16. The summed E-state index contributed by atoms with van der Waals surface area (Å²) in [4.78, 5) is 0. The molecule has 0 aliphatic carbocycles. The number of benzene rings is 1. The zero-order valence-corrected chi connectivity index (χ0v) is 12.4. The molecule has 19 heavy (non-hydrogen) atoms. The van der Waals surface area contributed by atoms with Crippen molar-refractivity contribution in [3.8, 4) is 11.5 Å². The highest BCUT2D eigenvalue weighted by atomic mass is 16.5. The summed E-state index contributed by atoms with van der Waals surface area (Å²) >= 11 is 0. The molecule has 1 aromatic rings. The largest absolute Gasteiger partial charge is 0.497 e. The lowest BCUT2D eigenvalue weighted by Crippen LogP contribution is -2.21. The maximum Gasteiger partial charge on any atom is 0.123 e. The molecule has 1 N–H and O–H groups in total. The van der Waals surface area contributed by atoms with E-state index in [0.29, 0.717) is 19.3 Å². The van der Waals surface area contributed by atoms with Crippen molar-refractivity contribution in [1.29, 1.82) is 0 Å². The van der Waals surface area contributed by atoms with Gasteiger partial charge in [0.25, 0.3) is 0 Å². The Kier molecular flexibility index (Phi) is 7.30. The average Bonchev–Trinajstić information content (AvgIpc) is 2.41. The molecule has 4 nitrogen and oxygen atoms in total. The molecule has 0 radical (unpaired) electrons. The van der Waals surface area contributed by atoms with Crippen molar-refractivity contribution in [2.75, 3.05) is 27.4 Å². The number of ether oxygens (including phenoxy) is 3. The standard InChI is InChI=1S/C15H25NO3/c1-12(2)16-11-13-8-14(18-4)10-15(9-13)19-7-5-6-17-3/h8-10,12,16H,5-7,11H2,1-4H3. The van der Waals surface area contributed by atoms with Gasteiger partial charge in [-0.3, -0.25) is 0 Å². The highest BCUT2D eigenvalue weighted by Crippen LogP contribution is 2.23. The van der Waals surface area contributed by atoms with Crippen LogP contribution in [0.2, 0.25) is 0 Å². The first kappa shape index (κ1) is 15.8. The van der Waals surface area contributed by atoms with Crippen LogP contribution in [0.3, 0.4) is 0 Å². The first-order valence-electron chi connectivity index (χ1n) is 6.68. The van der Waals surface area contributed by atoms with Crippen molar-refractivity contribution in [3.05, 3.63) is 23.8 Å². The van der Waals surface area contributed by atoms with Gasteiger partial charge in [-0.15, -0.1) is 0 Å². The van der Waals surface area contributed by atoms with Crippen molar-refractivity contribution < 1.29 is 14.2 Å². The van der Waals surface area contributed by atoms with E-state index in [9.17, 15) is 0 Å². The fourth-order valence-corrected chi connectivity index (χ4v) is 1.65. The molecular formula is C15H25NO3. The van der Waals surface area contributed by atoms with Crippen molar-refractivity contribution in [2.45, 2.75) is 32.9 Å². The van der Waals surface area contributed by atoms with E-state index in [2.05, 4.69) is 19.2 Å². The monoisotopic (exact) mass is 267 g/mol. The molecule has 108 valence electrons. The lowest BCUT2D eigenvalue weighted by atomic mass is 10.2. The second kappa shape index (κ2) is 8.77. The van der Waals surface area contributed by atoms with E-state index in [-0.39, 0.29) is 0 Å². The maximum atomic E-state index is 5.71. The summed E-state index contributed by atoms with van der Waals surface area (Å²) in [7, 11) is 3.37. The zero-order chi connectivity index (χ0) is 14.1. The molecule has 0 spiro atoms. The van der Waals surface area contributed by atoms with Gasteiger partial charge in [0.2, 0.25) is 0 Å². The summed E-state index contributed by atoms with van der Waals surface area (Å²) in [6, 6.07) is 6.44. The number of methoxy groups -OCH3 is 2. The van der Waals surface area contributed by atoms with Crippen LogP contribution in [-0.4, -0.2) is 33.5 Å². The molecule has 0 heterocycles. The Morgan fingerprint density at radius 3 is 2.42 bits per heavy atom. The summed E-state index contributed by atoms with van der Waals surface area (Å²) in [6.07, 6.45) is 0.882. The number of hydrogen-bond donors (Lipinski definition) is 1. The van der Waals surface area contributed by atoms with E-state index < -0.39 is 0 Å². The second-order valence-electron chi connectivity index (χ2n) is 4.75. The van der Waals surface area contributed by atoms with Crippen LogP contribution in [0.25, 0.3) is 0 Å². The molecular weight excluding hydrogens is 242 g/mol. The third kappa shape index (κ3) is 6.45. The molecule has 0 saturated heterocycles. The van der Waals surface area contributed by atoms with Gasteiger partial charge in [0.15, 0.2) is 0 Å². The highest BCUT2D eigenvalue weighted by molar-refractivity contribution is 5.38. The predicted molar refractivity (Wildman–Crippen MR) is 77.0 cm³/mol. The molecule has 0 atom stereocenters. The molecule has 1 rings (SSSR count). The van der Waals surface area contributed by atoms with Gasteiger partial charge in [-0.25, -0.2) is 0 Å². The number of nitrogens with one attached hydrogen (secondary N) is 1. The molecule has 0 saturated carbocycles. The van der Waals surface area contributed by atoms with E-state index in [1.54, 1.807) is 14.2 Å². The van der Waals surface area contributed by atoms with Crippen LogP contribution in [0, 0.1) is 0 Å². The van der Waals surface area contributed by atoms with Gasteiger partial charge in [-0.05, 0) is 17.7 Å². The van der Waals surface area contributed by atoms with Crippen molar-refractivity contribution in [2.24, 2.45) is 0 Å². The van der Waals surface area contributed by atoms with Crippen LogP contribution in [0.5, 0.6) is 11.5 Å². The van der Waals surface area contributed by atoms with E-state index in [1.165, 1.54) is 0 Å². The summed E-state index contributed by atoms with van der Waals surface area (Å²) in [6.45, 7) is 6.43. The predicted octanol–water partition coefficient (Wildman–Crippen LogP) is 2.61. The molecule has 0 aromatic heterocycles. The van der Waals surface area contributed by atoms with Gasteiger partial charge < -0.3 is 19.5 Å². The summed E-state index contributed by atoms with van der Waals surface area (Å²) in [5, 5.41) is 3.39. The van der Waals surface area contributed by atoms with E-state index >= 15 is 0 Å². The summed E-state index contributed by atoms with van der Waals surface area (Å²) < 4.78 is 16.0. The molecule has 4 heteroatoms. The van der Waals surface area contributed by atoms with Crippen molar-refractivity contribution >= 4 is 0 Å². The molecule has 1 aromatic carbocycles. The van der Waals surface area contributed by atoms with Gasteiger partial charge >= 0.3 is 0 Å². The van der Waals surface area contributed by atoms with Gasteiger partial charge in [0.1, 0.15) is 11.5 Å².